The van der Waals surface area contributed by atoms with Gasteiger partial charge in [0.1, 0.15) is 5.84 Å². The van der Waals surface area contributed by atoms with E-state index < -0.39 is 0 Å². The Balaban J connectivity index is 1.29. The Hall–Kier alpha value is -6.78. The number of aliphatic imine (C=N–C) groups is 1. The lowest BCUT2D eigenvalue weighted by Crippen LogP contribution is -2.10. The van der Waals surface area contributed by atoms with E-state index in [1.807, 2.05) is 36.5 Å². The fraction of sp³-hybridized carbons (Fsp3) is 0.0213. The average molecular weight is 655 g/mol. The highest BCUT2D eigenvalue weighted by molar-refractivity contribution is 6.22. The van der Waals surface area contributed by atoms with Gasteiger partial charge in [-0.15, -0.1) is 0 Å². The highest BCUT2D eigenvalue weighted by atomic mass is 15.1. The highest BCUT2D eigenvalue weighted by Gasteiger charge is 2.20. The minimum Gasteiger partial charge on any atom is -0.308 e. The third kappa shape index (κ3) is 5.25. The van der Waals surface area contributed by atoms with E-state index >= 15 is 0 Å². The SMILES string of the molecule is C=C(N=C(/C=C(\C)c1ccccc1)n1c2ccccc2c2c(-c3ccc4c(c3)c3ncccc3n4-c3ccccc3)cccc21)c1ccccc1. The molecule has 0 amide bonds. The smallest absolute Gasteiger partial charge is 0.138 e. The van der Waals surface area contributed by atoms with Crippen LogP contribution in [0.15, 0.2) is 188 Å². The molecule has 0 unspecified atom stereocenters. The fourth-order valence-corrected chi connectivity index (χ4v) is 7.32. The van der Waals surface area contributed by atoms with E-state index in [9.17, 15) is 0 Å². The first-order valence-electron chi connectivity index (χ1n) is 17.2. The van der Waals surface area contributed by atoms with Gasteiger partial charge in [0, 0.05) is 28.0 Å². The first kappa shape index (κ1) is 30.3. The molecule has 0 fully saturated rings. The van der Waals surface area contributed by atoms with Gasteiger partial charge in [-0.05, 0) is 89.4 Å². The quantitative estimate of drug-likeness (QED) is 0.130. The van der Waals surface area contributed by atoms with Crippen LogP contribution in [0.2, 0.25) is 0 Å². The number of hydrogen-bond donors (Lipinski definition) is 0. The third-order valence-corrected chi connectivity index (χ3v) is 9.70. The van der Waals surface area contributed by atoms with Crippen LogP contribution in [0.5, 0.6) is 0 Å². The number of fused-ring (bicyclic) bond motifs is 6. The monoisotopic (exact) mass is 654 g/mol. The zero-order valence-electron chi connectivity index (χ0n) is 28.2. The van der Waals surface area contributed by atoms with Crippen molar-refractivity contribution >= 4 is 60.8 Å². The second-order valence-electron chi connectivity index (χ2n) is 12.8. The van der Waals surface area contributed by atoms with Gasteiger partial charge in [0.25, 0.3) is 0 Å². The number of aromatic nitrogens is 3. The maximum atomic E-state index is 5.26. The van der Waals surface area contributed by atoms with Crippen molar-refractivity contribution in [2.75, 3.05) is 0 Å². The molecule has 0 N–H and O–H groups in total. The summed E-state index contributed by atoms with van der Waals surface area (Å²) in [6.07, 6.45) is 4.06. The van der Waals surface area contributed by atoms with Crippen LogP contribution >= 0.6 is 0 Å². The predicted octanol–water partition coefficient (Wildman–Crippen LogP) is 12.0. The Morgan fingerprint density at radius 3 is 2.06 bits per heavy atom. The van der Waals surface area contributed by atoms with Crippen LogP contribution in [0.4, 0.5) is 0 Å². The predicted molar refractivity (Wildman–Crippen MR) is 215 cm³/mol. The summed E-state index contributed by atoms with van der Waals surface area (Å²) in [5, 5.41) is 3.46. The number of rotatable bonds is 6. The van der Waals surface area contributed by atoms with Crippen LogP contribution in [0.3, 0.4) is 0 Å². The number of allylic oxidation sites excluding steroid dienone is 2. The van der Waals surface area contributed by atoms with Crippen molar-refractivity contribution in [1.82, 2.24) is 14.1 Å². The Morgan fingerprint density at radius 1 is 0.608 bits per heavy atom. The van der Waals surface area contributed by atoms with Gasteiger partial charge in [0.2, 0.25) is 0 Å². The molecule has 9 rings (SSSR count). The first-order chi connectivity index (χ1) is 25.2. The summed E-state index contributed by atoms with van der Waals surface area (Å²) in [6.45, 7) is 6.56. The molecule has 0 saturated carbocycles. The molecule has 0 spiro atoms. The molecule has 9 aromatic rings. The lowest BCUT2D eigenvalue weighted by atomic mass is 9.98. The molecule has 0 aliphatic carbocycles. The van der Waals surface area contributed by atoms with E-state index in [1.165, 1.54) is 5.39 Å². The van der Waals surface area contributed by atoms with E-state index in [0.717, 1.165) is 77.7 Å². The van der Waals surface area contributed by atoms with E-state index in [2.05, 4.69) is 162 Å². The number of benzene rings is 6. The fourth-order valence-electron chi connectivity index (χ4n) is 7.32. The van der Waals surface area contributed by atoms with Crippen LogP contribution in [-0.2, 0) is 0 Å². The maximum Gasteiger partial charge on any atom is 0.138 e. The van der Waals surface area contributed by atoms with Gasteiger partial charge in [-0.2, -0.15) is 0 Å². The van der Waals surface area contributed by atoms with Gasteiger partial charge in [0.05, 0.1) is 33.3 Å². The van der Waals surface area contributed by atoms with Crippen molar-refractivity contribution in [2.24, 2.45) is 4.99 Å². The number of nitrogens with zero attached hydrogens (tertiary/aromatic N) is 4. The zero-order valence-corrected chi connectivity index (χ0v) is 28.2. The number of pyridine rings is 1. The van der Waals surface area contributed by atoms with Gasteiger partial charge in [0.15, 0.2) is 0 Å². The molecule has 4 nitrogen and oxygen atoms in total. The summed E-state index contributed by atoms with van der Waals surface area (Å²) in [5.74, 6) is 0.805. The molecule has 3 heterocycles. The molecule has 51 heavy (non-hydrogen) atoms. The van der Waals surface area contributed by atoms with Crippen molar-refractivity contribution < 1.29 is 0 Å². The molecule has 0 saturated heterocycles. The molecule has 0 atom stereocenters. The molecule has 0 aliphatic heterocycles. The van der Waals surface area contributed by atoms with Crippen LogP contribution in [0.1, 0.15) is 18.1 Å². The molecule has 4 heteroatoms. The maximum absolute atomic E-state index is 5.26. The molecular formula is C47H34N4. The summed E-state index contributed by atoms with van der Waals surface area (Å²) in [5.41, 5.74) is 12.7. The first-order valence-corrected chi connectivity index (χ1v) is 17.2. The van der Waals surface area contributed by atoms with Gasteiger partial charge in [-0.1, -0.05) is 122 Å². The second-order valence-corrected chi connectivity index (χ2v) is 12.8. The summed E-state index contributed by atoms with van der Waals surface area (Å²) in [4.78, 5) is 10.1. The van der Waals surface area contributed by atoms with E-state index in [-0.39, 0.29) is 0 Å². The largest absolute Gasteiger partial charge is 0.308 e. The van der Waals surface area contributed by atoms with Crippen molar-refractivity contribution in [3.63, 3.8) is 0 Å². The van der Waals surface area contributed by atoms with Gasteiger partial charge in [-0.3, -0.25) is 9.55 Å². The topological polar surface area (TPSA) is 35.1 Å². The van der Waals surface area contributed by atoms with E-state index in [0.29, 0.717) is 5.70 Å². The number of para-hydroxylation sites is 2. The molecular weight excluding hydrogens is 621 g/mol. The van der Waals surface area contributed by atoms with Gasteiger partial charge >= 0.3 is 0 Å². The summed E-state index contributed by atoms with van der Waals surface area (Å²) < 4.78 is 4.59. The minimum atomic E-state index is 0.706. The average Bonchev–Trinajstić information content (AvgIpc) is 3.71. The van der Waals surface area contributed by atoms with E-state index in [4.69, 9.17) is 9.98 Å². The third-order valence-electron chi connectivity index (χ3n) is 9.70. The Morgan fingerprint density at radius 2 is 1.27 bits per heavy atom. The van der Waals surface area contributed by atoms with E-state index in [1.54, 1.807) is 0 Å². The molecule has 242 valence electrons. The Kier molecular flexibility index (Phi) is 7.48. The van der Waals surface area contributed by atoms with Crippen LogP contribution in [0.25, 0.3) is 71.8 Å². The summed E-state index contributed by atoms with van der Waals surface area (Å²) in [7, 11) is 0. The van der Waals surface area contributed by atoms with Crippen molar-refractivity contribution in [1.29, 1.82) is 0 Å². The summed E-state index contributed by atoms with van der Waals surface area (Å²) >= 11 is 0. The molecule has 0 radical (unpaired) electrons. The van der Waals surface area contributed by atoms with Crippen LogP contribution in [0, 0.1) is 0 Å². The normalized spacial score (nSPS) is 12.3. The highest BCUT2D eigenvalue weighted by Crippen LogP contribution is 2.40. The molecule has 0 aliphatic rings. The molecule has 0 bridgehead atoms. The van der Waals surface area contributed by atoms with Gasteiger partial charge < -0.3 is 4.57 Å². The Labute approximate surface area is 296 Å². The van der Waals surface area contributed by atoms with Gasteiger partial charge in [-0.25, -0.2) is 4.99 Å². The molecule has 6 aromatic carbocycles. The van der Waals surface area contributed by atoms with Crippen LogP contribution < -0.4 is 0 Å². The lowest BCUT2D eigenvalue weighted by Gasteiger charge is -2.12. The van der Waals surface area contributed by atoms with Crippen molar-refractivity contribution in [2.45, 2.75) is 6.92 Å². The minimum absolute atomic E-state index is 0.706. The molecule has 3 aromatic heterocycles. The van der Waals surface area contributed by atoms with Crippen molar-refractivity contribution in [3.8, 4) is 16.8 Å². The van der Waals surface area contributed by atoms with Crippen LogP contribution in [-0.4, -0.2) is 20.0 Å². The second kappa shape index (κ2) is 12.6. The summed E-state index contributed by atoms with van der Waals surface area (Å²) in [6, 6.07) is 57.3. The Bertz CT molecular complexity index is 2800. The van der Waals surface area contributed by atoms with Crippen molar-refractivity contribution in [3.05, 3.63) is 194 Å². The standard InChI is InChI=1S/C47H34N4/c1-32(34-16-6-3-7-17-34)30-45(49-33(2)35-18-8-4-9-19-35)51-41-24-13-12-22-39(41)46-38(23-14-25-43(46)51)36-27-28-42-40(31-36)47-44(26-15-29-48-47)50(42)37-20-10-5-11-21-37/h3-31H,2H2,1H3/b32-30+,49-45?. The lowest BCUT2D eigenvalue weighted by molar-refractivity contribution is 1.18. The number of hydrogen-bond acceptors (Lipinski definition) is 2. The zero-order chi connectivity index (χ0) is 34.3.